The van der Waals surface area contributed by atoms with E-state index >= 15 is 0 Å². The van der Waals surface area contributed by atoms with Crippen molar-refractivity contribution in [3.63, 3.8) is 0 Å². The number of pyridine rings is 1. The summed E-state index contributed by atoms with van der Waals surface area (Å²) in [5.41, 5.74) is 2.51. The summed E-state index contributed by atoms with van der Waals surface area (Å²) in [7, 11) is 4.14. The van der Waals surface area contributed by atoms with E-state index in [1.54, 1.807) is 0 Å². The normalized spacial score (nSPS) is 16.3. The van der Waals surface area contributed by atoms with Crippen LogP contribution >= 0.6 is 15.9 Å². The van der Waals surface area contributed by atoms with Gasteiger partial charge in [-0.2, -0.15) is 0 Å². The van der Waals surface area contributed by atoms with Crippen molar-refractivity contribution < 1.29 is 0 Å². The van der Waals surface area contributed by atoms with Gasteiger partial charge in [0.15, 0.2) is 0 Å². The van der Waals surface area contributed by atoms with E-state index in [9.17, 15) is 0 Å². The van der Waals surface area contributed by atoms with Gasteiger partial charge in [-0.15, -0.1) is 0 Å². The van der Waals surface area contributed by atoms with Gasteiger partial charge in [-0.25, -0.2) is 0 Å². The Morgan fingerprint density at radius 1 is 1.50 bits per heavy atom. The van der Waals surface area contributed by atoms with Gasteiger partial charge in [0.1, 0.15) is 0 Å². The Morgan fingerprint density at radius 2 is 2.21 bits per heavy atom. The van der Waals surface area contributed by atoms with Crippen LogP contribution in [0.1, 0.15) is 30.0 Å². The molecule has 0 amide bonds. The fourth-order valence-corrected chi connectivity index (χ4v) is 2.32. The highest BCUT2D eigenvalue weighted by Crippen LogP contribution is 2.42. The Labute approximate surface area is 93.5 Å². The molecule has 76 valence electrons. The van der Waals surface area contributed by atoms with Gasteiger partial charge in [-0.05, 0) is 54.5 Å². The van der Waals surface area contributed by atoms with Crippen molar-refractivity contribution >= 4 is 15.9 Å². The molecular weight excluding hydrogens is 240 g/mol. The molecule has 0 atom stereocenters. The van der Waals surface area contributed by atoms with Crippen molar-refractivity contribution in [2.24, 2.45) is 0 Å². The lowest BCUT2D eigenvalue weighted by atomic mass is 10.2. The molecule has 1 fully saturated rings. The van der Waals surface area contributed by atoms with Crippen molar-refractivity contribution in [1.82, 2.24) is 9.88 Å². The van der Waals surface area contributed by atoms with Crippen molar-refractivity contribution in [3.05, 3.63) is 28.0 Å². The minimum absolute atomic E-state index is 0.720. The quantitative estimate of drug-likeness (QED) is 0.825. The predicted octanol–water partition coefficient (Wildman–Crippen LogP) is 2.78. The summed E-state index contributed by atoms with van der Waals surface area (Å²) >= 11 is 3.60. The summed E-state index contributed by atoms with van der Waals surface area (Å²) in [5, 5.41) is 0. The van der Waals surface area contributed by atoms with Gasteiger partial charge in [-0.1, -0.05) is 0 Å². The fraction of sp³-hybridized carbons (Fsp3) is 0.545. The third-order valence-corrected chi connectivity index (χ3v) is 3.02. The van der Waals surface area contributed by atoms with Crippen LogP contribution in [0, 0.1) is 0 Å². The number of hydrogen-bond acceptors (Lipinski definition) is 2. The van der Waals surface area contributed by atoms with Crippen LogP contribution in [0.4, 0.5) is 0 Å². The summed E-state index contributed by atoms with van der Waals surface area (Å²) < 4.78 is 1.18. The number of aromatic nitrogens is 1. The first-order valence-electron chi connectivity index (χ1n) is 4.96. The molecule has 0 N–H and O–H groups in total. The first-order valence-corrected chi connectivity index (χ1v) is 5.75. The number of hydrogen-bond donors (Lipinski definition) is 0. The van der Waals surface area contributed by atoms with E-state index in [0.717, 1.165) is 12.5 Å². The average molecular weight is 255 g/mol. The maximum Gasteiger partial charge on any atom is 0.0576 e. The topological polar surface area (TPSA) is 16.1 Å². The monoisotopic (exact) mass is 254 g/mol. The lowest BCUT2D eigenvalue weighted by Crippen LogP contribution is -2.11. The van der Waals surface area contributed by atoms with Crippen LogP contribution in [-0.2, 0) is 6.54 Å². The first-order chi connectivity index (χ1) is 6.66. The molecule has 0 unspecified atom stereocenters. The maximum atomic E-state index is 4.52. The lowest BCUT2D eigenvalue weighted by molar-refractivity contribution is 0.401. The Hall–Kier alpha value is -0.410. The highest BCUT2D eigenvalue weighted by atomic mass is 79.9. The molecule has 3 heteroatoms. The molecule has 1 aromatic heterocycles. The molecule has 1 heterocycles. The maximum absolute atomic E-state index is 4.52. The molecule has 2 rings (SSSR count). The molecule has 1 aliphatic rings. The average Bonchev–Trinajstić information content (AvgIpc) is 2.86. The van der Waals surface area contributed by atoms with Gasteiger partial charge < -0.3 is 4.90 Å². The van der Waals surface area contributed by atoms with E-state index in [4.69, 9.17) is 0 Å². The second-order valence-corrected chi connectivity index (χ2v) is 5.08. The zero-order valence-corrected chi connectivity index (χ0v) is 10.2. The van der Waals surface area contributed by atoms with Gasteiger partial charge in [0.25, 0.3) is 0 Å². The molecule has 0 saturated heterocycles. The number of halogens is 1. The molecule has 0 aliphatic heterocycles. The summed E-state index contributed by atoms with van der Waals surface area (Å²) in [4.78, 5) is 6.67. The largest absolute Gasteiger partial charge is 0.305 e. The molecule has 0 spiro atoms. The molecule has 2 nitrogen and oxygen atoms in total. The summed E-state index contributed by atoms with van der Waals surface area (Å²) in [6, 6.07) is 2.20. The van der Waals surface area contributed by atoms with Gasteiger partial charge in [0.2, 0.25) is 0 Å². The second kappa shape index (κ2) is 3.99. The van der Waals surface area contributed by atoms with Crippen molar-refractivity contribution in [2.75, 3.05) is 14.1 Å². The standard InChI is InChI=1S/C11H15BrN2/c1-14(2)7-8-5-10(12)11(13-6-8)9-3-4-9/h5-6,9H,3-4,7H2,1-2H3. The van der Waals surface area contributed by atoms with Gasteiger partial charge in [0.05, 0.1) is 5.69 Å². The SMILES string of the molecule is CN(C)Cc1cnc(C2CC2)c(Br)c1. The molecule has 1 aromatic rings. The Morgan fingerprint density at radius 3 is 2.71 bits per heavy atom. The van der Waals surface area contributed by atoms with Crippen LogP contribution < -0.4 is 0 Å². The third kappa shape index (κ3) is 2.34. The fourth-order valence-electron chi connectivity index (χ4n) is 1.60. The van der Waals surface area contributed by atoms with E-state index in [1.165, 1.54) is 28.6 Å². The molecule has 1 aliphatic carbocycles. The second-order valence-electron chi connectivity index (χ2n) is 4.22. The summed E-state index contributed by atoms with van der Waals surface area (Å²) in [6.45, 7) is 0.955. The summed E-state index contributed by atoms with van der Waals surface area (Å²) in [6.07, 6.45) is 4.61. The Kier molecular flexibility index (Phi) is 2.88. The van der Waals surface area contributed by atoms with E-state index in [0.29, 0.717) is 0 Å². The van der Waals surface area contributed by atoms with Crippen LogP contribution in [-0.4, -0.2) is 24.0 Å². The Balaban J connectivity index is 2.17. The zero-order chi connectivity index (χ0) is 10.1. The van der Waals surface area contributed by atoms with Crippen molar-refractivity contribution in [3.8, 4) is 0 Å². The molecular formula is C11H15BrN2. The minimum atomic E-state index is 0.720. The predicted molar refractivity (Wildman–Crippen MR) is 61.3 cm³/mol. The van der Waals surface area contributed by atoms with E-state index in [2.05, 4.69) is 46.0 Å². The van der Waals surface area contributed by atoms with E-state index in [-0.39, 0.29) is 0 Å². The van der Waals surface area contributed by atoms with Gasteiger partial charge in [-0.3, -0.25) is 4.98 Å². The van der Waals surface area contributed by atoms with Crippen LogP contribution in [0.3, 0.4) is 0 Å². The number of rotatable bonds is 3. The highest BCUT2D eigenvalue weighted by Gasteiger charge is 2.26. The molecule has 1 saturated carbocycles. The van der Waals surface area contributed by atoms with Gasteiger partial charge in [0, 0.05) is 23.1 Å². The highest BCUT2D eigenvalue weighted by molar-refractivity contribution is 9.10. The first kappa shape index (κ1) is 10.1. The smallest absolute Gasteiger partial charge is 0.0576 e. The van der Waals surface area contributed by atoms with Crippen LogP contribution in [0.5, 0.6) is 0 Å². The van der Waals surface area contributed by atoms with Crippen LogP contribution in [0.15, 0.2) is 16.7 Å². The van der Waals surface area contributed by atoms with E-state index in [1.807, 2.05) is 6.20 Å². The van der Waals surface area contributed by atoms with Crippen LogP contribution in [0.2, 0.25) is 0 Å². The van der Waals surface area contributed by atoms with E-state index < -0.39 is 0 Å². The van der Waals surface area contributed by atoms with Crippen molar-refractivity contribution in [2.45, 2.75) is 25.3 Å². The third-order valence-electron chi connectivity index (χ3n) is 2.39. The molecule has 14 heavy (non-hydrogen) atoms. The number of nitrogens with zero attached hydrogens (tertiary/aromatic N) is 2. The van der Waals surface area contributed by atoms with Gasteiger partial charge >= 0.3 is 0 Å². The molecule has 0 radical (unpaired) electrons. The zero-order valence-electron chi connectivity index (χ0n) is 8.63. The molecule has 0 bridgehead atoms. The summed E-state index contributed by atoms with van der Waals surface area (Å²) in [5.74, 6) is 0.720. The minimum Gasteiger partial charge on any atom is -0.305 e. The van der Waals surface area contributed by atoms with Crippen LogP contribution in [0.25, 0.3) is 0 Å². The van der Waals surface area contributed by atoms with Crippen molar-refractivity contribution in [1.29, 1.82) is 0 Å². The molecule has 0 aromatic carbocycles. The lowest BCUT2D eigenvalue weighted by Gasteiger charge is -2.10. The Bertz CT molecular complexity index is 332.